The van der Waals surface area contributed by atoms with Crippen LogP contribution in [0.3, 0.4) is 0 Å². The van der Waals surface area contributed by atoms with Crippen molar-refractivity contribution in [2.45, 2.75) is 20.4 Å². The number of aromatic nitrogens is 3. The van der Waals surface area contributed by atoms with Crippen molar-refractivity contribution in [1.29, 1.82) is 0 Å². The van der Waals surface area contributed by atoms with Gasteiger partial charge in [-0.1, -0.05) is 13.8 Å². The first-order valence-corrected chi connectivity index (χ1v) is 8.84. The van der Waals surface area contributed by atoms with Gasteiger partial charge in [0.1, 0.15) is 12.3 Å². The molecule has 2 aromatic rings. The normalized spacial score (nSPS) is 11.6. The lowest BCUT2D eigenvalue weighted by atomic mass is 9.93. The molecule has 2 N–H and O–H groups in total. The Morgan fingerprint density at radius 1 is 1.35 bits per heavy atom. The Bertz CT molecular complexity index is 793. The molecule has 0 bridgehead atoms. The molecule has 0 radical (unpaired) electrons. The second-order valence-corrected chi connectivity index (χ2v) is 7.73. The van der Waals surface area contributed by atoms with Crippen LogP contribution in [0.2, 0.25) is 0 Å². The number of hydrogen-bond donors (Lipinski definition) is 2. The summed E-state index contributed by atoms with van der Waals surface area (Å²) in [6, 6.07) is 7.47. The lowest BCUT2D eigenvalue weighted by Crippen LogP contribution is -2.41. The van der Waals surface area contributed by atoms with E-state index in [2.05, 4.69) is 34.3 Å². The average Bonchev–Trinajstić information content (AvgIpc) is 2.93. The molecule has 2 rings (SSSR count). The van der Waals surface area contributed by atoms with E-state index in [1.165, 1.54) is 0 Å². The number of rotatable bonds is 8. The SMILES string of the molecule is COc1ccc(-c2n[nH]c(=S)n2CC(=O)NCC(C)(C)CN(C)C)cc1. The third-order valence-corrected chi connectivity index (χ3v) is 4.23. The number of nitrogens with one attached hydrogen (secondary N) is 2. The first kappa shape index (κ1) is 20.1. The van der Waals surface area contributed by atoms with Gasteiger partial charge in [-0.25, -0.2) is 0 Å². The number of ether oxygens (including phenoxy) is 1. The van der Waals surface area contributed by atoms with Crippen LogP contribution in [0.1, 0.15) is 13.8 Å². The van der Waals surface area contributed by atoms with E-state index in [-0.39, 0.29) is 17.9 Å². The number of hydrogen-bond acceptors (Lipinski definition) is 5. The molecule has 0 aliphatic rings. The van der Waals surface area contributed by atoms with E-state index in [1.807, 2.05) is 38.4 Å². The van der Waals surface area contributed by atoms with Gasteiger partial charge in [-0.2, -0.15) is 5.10 Å². The summed E-state index contributed by atoms with van der Waals surface area (Å²) in [5.74, 6) is 1.29. The Morgan fingerprint density at radius 2 is 2.00 bits per heavy atom. The Kier molecular flexibility index (Phi) is 6.55. The Morgan fingerprint density at radius 3 is 2.58 bits per heavy atom. The third-order valence-electron chi connectivity index (χ3n) is 3.92. The summed E-state index contributed by atoms with van der Waals surface area (Å²) in [6.07, 6.45) is 0. The molecule has 7 nitrogen and oxygen atoms in total. The summed E-state index contributed by atoms with van der Waals surface area (Å²) in [7, 11) is 5.66. The molecule has 0 saturated heterocycles. The van der Waals surface area contributed by atoms with Crippen LogP contribution in [0.4, 0.5) is 0 Å². The molecule has 1 aromatic carbocycles. The molecule has 1 aromatic heterocycles. The van der Waals surface area contributed by atoms with E-state index in [1.54, 1.807) is 11.7 Å². The fraction of sp³-hybridized carbons (Fsp3) is 0.500. The first-order chi connectivity index (χ1) is 12.2. The van der Waals surface area contributed by atoms with Crippen LogP contribution in [0, 0.1) is 10.2 Å². The summed E-state index contributed by atoms with van der Waals surface area (Å²) in [6.45, 7) is 5.84. The van der Waals surface area contributed by atoms with Gasteiger partial charge >= 0.3 is 0 Å². The number of benzene rings is 1. The quantitative estimate of drug-likeness (QED) is 0.691. The Balaban J connectivity index is 2.08. The van der Waals surface area contributed by atoms with Gasteiger partial charge in [-0.05, 0) is 56.0 Å². The minimum atomic E-state index is -0.0934. The molecule has 1 amide bonds. The van der Waals surface area contributed by atoms with E-state index in [0.717, 1.165) is 17.9 Å². The molecule has 0 spiro atoms. The summed E-state index contributed by atoms with van der Waals surface area (Å²) < 4.78 is 7.29. The van der Waals surface area contributed by atoms with Crippen molar-refractivity contribution in [2.24, 2.45) is 5.41 Å². The van der Waals surface area contributed by atoms with Crippen LogP contribution in [0.15, 0.2) is 24.3 Å². The van der Waals surface area contributed by atoms with Gasteiger partial charge in [-0.15, -0.1) is 0 Å². The minimum Gasteiger partial charge on any atom is -0.497 e. The van der Waals surface area contributed by atoms with Gasteiger partial charge in [0, 0.05) is 18.7 Å². The Labute approximate surface area is 159 Å². The summed E-state index contributed by atoms with van der Waals surface area (Å²) >= 11 is 5.29. The number of nitrogens with zero attached hydrogens (tertiary/aromatic N) is 3. The molecular weight excluding hydrogens is 350 g/mol. The van der Waals surface area contributed by atoms with E-state index >= 15 is 0 Å². The lowest BCUT2D eigenvalue weighted by molar-refractivity contribution is -0.122. The third kappa shape index (κ3) is 5.40. The van der Waals surface area contributed by atoms with Gasteiger partial charge in [-0.3, -0.25) is 14.5 Å². The van der Waals surface area contributed by atoms with Crippen molar-refractivity contribution in [2.75, 3.05) is 34.3 Å². The van der Waals surface area contributed by atoms with Crippen molar-refractivity contribution in [3.8, 4) is 17.1 Å². The largest absolute Gasteiger partial charge is 0.497 e. The lowest BCUT2D eigenvalue weighted by Gasteiger charge is -2.28. The molecule has 142 valence electrons. The Hall–Kier alpha value is -2.19. The van der Waals surface area contributed by atoms with Crippen LogP contribution in [-0.2, 0) is 11.3 Å². The van der Waals surface area contributed by atoms with Crippen LogP contribution in [0.5, 0.6) is 5.75 Å². The molecule has 26 heavy (non-hydrogen) atoms. The highest BCUT2D eigenvalue weighted by atomic mass is 32.1. The predicted molar refractivity (Wildman–Crippen MR) is 105 cm³/mol. The summed E-state index contributed by atoms with van der Waals surface area (Å²) in [4.78, 5) is 14.5. The molecule has 0 atom stereocenters. The van der Waals surface area contributed by atoms with Gasteiger partial charge < -0.3 is 15.0 Å². The van der Waals surface area contributed by atoms with Crippen molar-refractivity contribution >= 4 is 18.1 Å². The fourth-order valence-electron chi connectivity index (χ4n) is 2.87. The summed E-state index contributed by atoms with van der Waals surface area (Å²) in [5, 5.41) is 10.0. The maximum absolute atomic E-state index is 12.4. The zero-order valence-electron chi connectivity index (χ0n) is 16.0. The number of carbonyl (C=O) groups excluding carboxylic acids is 1. The van der Waals surface area contributed by atoms with Crippen molar-refractivity contribution in [1.82, 2.24) is 25.0 Å². The topological polar surface area (TPSA) is 75.2 Å². The highest BCUT2D eigenvalue weighted by Crippen LogP contribution is 2.21. The number of H-pyrrole nitrogens is 1. The number of methoxy groups -OCH3 is 1. The molecule has 0 aliphatic heterocycles. The maximum atomic E-state index is 12.4. The number of aromatic amines is 1. The number of carbonyl (C=O) groups is 1. The first-order valence-electron chi connectivity index (χ1n) is 8.43. The van der Waals surface area contributed by atoms with Gasteiger partial charge in [0.25, 0.3) is 0 Å². The molecule has 0 unspecified atom stereocenters. The molecule has 8 heteroatoms. The van der Waals surface area contributed by atoms with E-state index in [0.29, 0.717) is 17.1 Å². The summed E-state index contributed by atoms with van der Waals surface area (Å²) in [5.41, 5.74) is 0.842. The van der Waals surface area contributed by atoms with Gasteiger partial charge in [0.05, 0.1) is 7.11 Å². The van der Waals surface area contributed by atoms with Crippen molar-refractivity contribution < 1.29 is 9.53 Å². The molecule has 0 aliphatic carbocycles. The molecule has 0 fully saturated rings. The molecule has 0 saturated carbocycles. The highest BCUT2D eigenvalue weighted by molar-refractivity contribution is 7.71. The second kappa shape index (κ2) is 8.46. The van der Waals surface area contributed by atoms with Gasteiger partial charge in [0.15, 0.2) is 10.6 Å². The minimum absolute atomic E-state index is 0.0180. The predicted octanol–water partition coefficient (Wildman–Crippen LogP) is 2.32. The standard InChI is InChI=1S/C18H27N5O2S/c1-18(2,12-22(3)4)11-19-15(24)10-23-16(20-21-17(23)26)13-6-8-14(25-5)9-7-13/h6-9H,10-12H2,1-5H3,(H,19,24)(H,21,26). The van der Waals surface area contributed by atoms with Crippen LogP contribution >= 0.6 is 12.2 Å². The fourth-order valence-corrected chi connectivity index (χ4v) is 3.07. The van der Waals surface area contributed by atoms with E-state index in [4.69, 9.17) is 17.0 Å². The van der Waals surface area contributed by atoms with E-state index in [9.17, 15) is 4.79 Å². The highest BCUT2D eigenvalue weighted by Gasteiger charge is 2.20. The van der Waals surface area contributed by atoms with Crippen LogP contribution in [-0.4, -0.2) is 59.9 Å². The second-order valence-electron chi connectivity index (χ2n) is 7.35. The van der Waals surface area contributed by atoms with Crippen molar-refractivity contribution in [3.63, 3.8) is 0 Å². The van der Waals surface area contributed by atoms with Crippen molar-refractivity contribution in [3.05, 3.63) is 29.0 Å². The monoisotopic (exact) mass is 377 g/mol. The van der Waals surface area contributed by atoms with E-state index < -0.39 is 0 Å². The van der Waals surface area contributed by atoms with Gasteiger partial charge in [0.2, 0.25) is 5.91 Å². The molecule has 1 heterocycles. The zero-order valence-corrected chi connectivity index (χ0v) is 16.8. The maximum Gasteiger partial charge on any atom is 0.240 e. The zero-order chi connectivity index (χ0) is 19.3. The van der Waals surface area contributed by atoms with Crippen LogP contribution in [0.25, 0.3) is 11.4 Å². The number of amides is 1. The molecular formula is C18H27N5O2S. The smallest absolute Gasteiger partial charge is 0.240 e. The average molecular weight is 378 g/mol. The van der Waals surface area contributed by atoms with Crippen LogP contribution < -0.4 is 10.1 Å².